The molecule has 0 saturated heterocycles. The Morgan fingerprint density at radius 1 is 1.24 bits per heavy atom. The van der Waals surface area contributed by atoms with E-state index in [4.69, 9.17) is 10.7 Å². The first-order valence-corrected chi connectivity index (χ1v) is 9.09. The molecule has 0 bridgehead atoms. The molecular formula is C20H25FN4. The monoisotopic (exact) mass is 340 g/mol. The second kappa shape index (κ2) is 6.30. The Morgan fingerprint density at radius 3 is 2.84 bits per heavy atom. The van der Waals surface area contributed by atoms with Crippen LogP contribution in [0.3, 0.4) is 0 Å². The molecule has 0 spiro atoms. The van der Waals surface area contributed by atoms with Gasteiger partial charge in [0.25, 0.3) is 0 Å². The Morgan fingerprint density at radius 2 is 2.04 bits per heavy atom. The highest BCUT2D eigenvalue weighted by Gasteiger charge is 2.22. The van der Waals surface area contributed by atoms with E-state index in [0.717, 1.165) is 72.1 Å². The minimum absolute atomic E-state index is 0.225. The number of aromatic nitrogens is 2. The smallest absolute Gasteiger partial charge is 0.143 e. The summed E-state index contributed by atoms with van der Waals surface area (Å²) in [6.07, 6.45) is 5.30. The number of anilines is 1. The Balaban J connectivity index is 1.96. The van der Waals surface area contributed by atoms with Crippen LogP contribution in [0.1, 0.15) is 30.5 Å². The van der Waals surface area contributed by atoms with Gasteiger partial charge in [-0.25, -0.2) is 9.37 Å². The van der Waals surface area contributed by atoms with Crippen molar-refractivity contribution in [2.24, 2.45) is 0 Å². The number of aryl methyl sites for hydroxylation is 2. The predicted octanol–water partition coefficient (Wildman–Crippen LogP) is 3.74. The molecule has 1 aromatic carbocycles. The average Bonchev–Trinajstić information content (AvgIpc) is 2.88. The fraction of sp³-hybridized carbons (Fsp3) is 0.450. The fourth-order valence-electron chi connectivity index (χ4n) is 4.05. The van der Waals surface area contributed by atoms with Crippen molar-refractivity contribution >= 4 is 27.6 Å². The molecule has 0 fully saturated rings. The molecule has 132 valence electrons. The van der Waals surface area contributed by atoms with E-state index in [9.17, 15) is 4.39 Å². The molecule has 4 nitrogen and oxygen atoms in total. The number of benzene rings is 1. The van der Waals surface area contributed by atoms with Gasteiger partial charge in [-0.1, -0.05) is 0 Å². The number of hydrogen-bond donors (Lipinski definition) is 1. The van der Waals surface area contributed by atoms with Gasteiger partial charge < -0.3 is 15.2 Å². The third-order valence-electron chi connectivity index (χ3n) is 5.26. The average molecular weight is 340 g/mol. The van der Waals surface area contributed by atoms with Gasteiger partial charge in [0.2, 0.25) is 0 Å². The summed E-state index contributed by atoms with van der Waals surface area (Å²) in [6, 6.07) is 4.99. The largest absolute Gasteiger partial charge is 0.398 e. The maximum atomic E-state index is 13.9. The van der Waals surface area contributed by atoms with Crippen LogP contribution in [-0.2, 0) is 19.4 Å². The summed E-state index contributed by atoms with van der Waals surface area (Å²) in [5, 5.41) is 1.82. The Labute approximate surface area is 147 Å². The number of fused-ring (bicyclic) bond motifs is 4. The number of nitrogens with two attached hydrogens (primary N) is 1. The van der Waals surface area contributed by atoms with Crippen LogP contribution in [0.15, 0.2) is 18.2 Å². The van der Waals surface area contributed by atoms with Crippen LogP contribution in [0.4, 0.5) is 10.1 Å². The number of halogens is 1. The van der Waals surface area contributed by atoms with Crippen molar-refractivity contribution in [2.45, 2.75) is 38.6 Å². The molecule has 2 aromatic heterocycles. The topological polar surface area (TPSA) is 47.1 Å². The molecule has 2 N–H and O–H groups in total. The molecule has 3 aromatic rings. The van der Waals surface area contributed by atoms with Gasteiger partial charge in [-0.2, -0.15) is 0 Å². The summed E-state index contributed by atoms with van der Waals surface area (Å²) in [5.41, 5.74) is 11.6. The van der Waals surface area contributed by atoms with Crippen LogP contribution in [0.2, 0.25) is 0 Å². The molecule has 25 heavy (non-hydrogen) atoms. The van der Waals surface area contributed by atoms with Gasteiger partial charge in [-0.05, 0) is 76.5 Å². The van der Waals surface area contributed by atoms with Gasteiger partial charge in [-0.15, -0.1) is 0 Å². The van der Waals surface area contributed by atoms with Crippen LogP contribution in [0.5, 0.6) is 0 Å². The van der Waals surface area contributed by atoms with E-state index in [2.05, 4.69) is 23.6 Å². The summed E-state index contributed by atoms with van der Waals surface area (Å²) < 4.78 is 16.1. The summed E-state index contributed by atoms with van der Waals surface area (Å²) in [7, 11) is 4.15. The highest BCUT2D eigenvalue weighted by atomic mass is 19.1. The van der Waals surface area contributed by atoms with Crippen LogP contribution in [0.25, 0.3) is 21.9 Å². The third-order valence-corrected chi connectivity index (χ3v) is 5.26. The quantitative estimate of drug-likeness (QED) is 0.787. The molecule has 0 aliphatic heterocycles. The van der Waals surface area contributed by atoms with E-state index >= 15 is 0 Å². The van der Waals surface area contributed by atoms with Gasteiger partial charge in [0.05, 0.1) is 10.9 Å². The molecule has 0 amide bonds. The minimum Gasteiger partial charge on any atom is -0.398 e. The number of rotatable bonds is 4. The molecule has 0 unspecified atom stereocenters. The Bertz CT molecular complexity index is 942. The third kappa shape index (κ3) is 2.76. The maximum Gasteiger partial charge on any atom is 0.143 e. The highest BCUT2D eigenvalue weighted by Crippen LogP contribution is 2.37. The molecule has 4 rings (SSSR count). The second-order valence-electron chi connectivity index (χ2n) is 7.33. The molecule has 1 aliphatic rings. The summed E-state index contributed by atoms with van der Waals surface area (Å²) in [5.74, 6) is -0.225. The molecule has 0 saturated carbocycles. The first-order valence-electron chi connectivity index (χ1n) is 9.09. The van der Waals surface area contributed by atoms with Crippen LogP contribution >= 0.6 is 0 Å². The number of nitrogen functional groups attached to an aromatic ring is 1. The van der Waals surface area contributed by atoms with Crippen LogP contribution in [0, 0.1) is 5.82 Å². The van der Waals surface area contributed by atoms with Crippen molar-refractivity contribution in [2.75, 3.05) is 26.4 Å². The van der Waals surface area contributed by atoms with Crippen molar-refractivity contribution in [1.29, 1.82) is 0 Å². The lowest BCUT2D eigenvalue weighted by atomic mass is 9.93. The lowest BCUT2D eigenvalue weighted by Crippen LogP contribution is -2.15. The molecule has 0 radical (unpaired) electrons. The Kier molecular flexibility index (Phi) is 4.12. The molecule has 2 heterocycles. The van der Waals surface area contributed by atoms with Crippen molar-refractivity contribution < 1.29 is 4.39 Å². The summed E-state index contributed by atoms with van der Waals surface area (Å²) in [6.45, 7) is 1.86. The van der Waals surface area contributed by atoms with Crippen LogP contribution < -0.4 is 5.73 Å². The van der Waals surface area contributed by atoms with Crippen LogP contribution in [-0.4, -0.2) is 35.1 Å². The Hall–Kier alpha value is -2.14. The zero-order valence-electron chi connectivity index (χ0n) is 15.0. The number of nitrogens with zero attached hydrogens (tertiary/aromatic N) is 3. The molecule has 1 aliphatic carbocycles. The van der Waals surface area contributed by atoms with Crippen molar-refractivity contribution in [1.82, 2.24) is 14.5 Å². The van der Waals surface area contributed by atoms with E-state index in [1.807, 2.05) is 6.07 Å². The van der Waals surface area contributed by atoms with Crippen molar-refractivity contribution in [3.63, 3.8) is 0 Å². The fourth-order valence-corrected chi connectivity index (χ4v) is 4.05. The van der Waals surface area contributed by atoms with E-state index in [1.165, 1.54) is 18.1 Å². The van der Waals surface area contributed by atoms with Gasteiger partial charge in [0, 0.05) is 23.3 Å². The lowest BCUT2D eigenvalue weighted by molar-refractivity contribution is 0.389. The minimum atomic E-state index is -0.225. The highest BCUT2D eigenvalue weighted by molar-refractivity contribution is 6.13. The van der Waals surface area contributed by atoms with E-state index < -0.39 is 0 Å². The normalized spacial score (nSPS) is 14.6. The molecule has 0 atom stereocenters. The summed E-state index contributed by atoms with van der Waals surface area (Å²) in [4.78, 5) is 7.17. The number of pyridine rings is 1. The zero-order chi connectivity index (χ0) is 17.6. The number of hydrogen-bond acceptors (Lipinski definition) is 3. The molecule has 5 heteroatoms. The summed E-state index contributed by atoms with van der Waals surface area (Å²) >= 11 is 0. The SMILES string of the molecule is CN(C)CCCn1c2ccc(F)cc2c2c(N)c3c(nc21)CCCC3. The second-order valence-corrected chi connectivity index (χ2v) is 7.33. The van der Waals surface area contributed by atoms with Gasteiger partial charge in [0.1, 0.15) is 11.5 Å². The van der Waals surface area contributed by atoms with E-state index in [-0.39, 0.29) is 5.82 Å². The lowest BCUT2D eigenvalue weighted by Gasteiger charge is -2.18. The van der Waals surface area contributed by atoms with E-state index in [0.29, 0.717) is 0 Å². The van der Waals surface area contributed by atoms with E-state index in [1.54, 1.807) is 6.07 Å². The predicted molar refractivity (Wildman–Crippen MR) is 101 cm³/mol. The van der Waals surface area contributed by atoms with Gasteiger partial charge in [-0.3, -0.25) is 0 Å². The maximum absolute atomic E-state index is 13.9. The van der Waals surface area contributed by atoms with Crippen molar-refractivity contribution in [3.8, 4) is 0 Å². The van der Waals surface area contributed by atoms with Gasteiger partial charge in [0.15, 0.2) is 0 Å². The first kappa shape index (κ1) is 16.3. The zero-order valence-corrected chi connectivity index (χ0v) is 15.0. The van der Waals surface area contributed by atoms with Crippen molar-refractivity contribution in [3.05, 3.63) is 35.3 Å². The first-order chi connectivity index (χ1) is 12.1. The standard InChI is InChI=1S/C20H25FN4/c1-24(2)10-5-11-25-17-9-8-13(21)12-15(17)18-19(22)14-6-3-4-7-16(14)23-20(18)25/h8-9,12H,3-7,10-11H2,1-2H3,(H2,22,23). The molecular weight excluding hydrogens is 315 g/mol. The van der Waals surface area contributed by atoms with Gasteiger partial charge >= 0.3 is 0 Å².